The minimum atomic E-state index is -4.28. The number of sulfonamides is 1. The second-order valence-corrected chi connectivity index (χ2v) is 14.9. The maximum Gasteiger partial charge on any atom is 0.264 e. The van der Waals surface area contributed by atoms with Crippen molar-refractivity contribution in [2.45, 2.75) is 69.5 Å². The molecule has 4 aromatic carbocycles. The van der Waals surface area contributed by atoms with Crippen LogP contribution in [0.4, 0.5) is 5.69 Å². The Balaban J connectivity index is 1.60. The molecule has 258 valence electrons. The van der Waals surface area contributed by atoms with E-state index in [2.05, 4.69) is 5.32 Å². The molecule has 1 aliphatic carbocycles. The van der Waals surface area contributed by atoms with Crippen LogP contribution in [0.1, 0.15) is 49.3 Å². The van der Waals surface area contributed by atoms with Crippen LogP contribution in [0.15, 0.2) is 102 Å². The highest BCUT2D eigenvalue weighted by molar-refractivity contribution is 7.92. The summed E-state index contributed by atoms with van der Waals surface area (Å²) >= 11 is 12.6. The van der Waals surface area contributed by atoms with E-state index in [1.165, 1.54) is 17.0 Å². The zero-order chi connectivity index (χ0) is 35.0. The summed E-state index contributed by atoms with van der Waals surface area (Å²) in [6.07, 6.45) is 3.98. The van der Waals surface area contributed by atoms with Gasteiger partial charge in [-0.15, -0.1) is 0 Å². The first-order valence-corrected chi connectivity index (χ1v) is 18.7. The Morgan fingerprint density at radius 1 is 0.878 bits per heavy atom. The van der Waals surface area contributed by atoms with Gasteiger partial charge in [-0.05, 0) is 74.2 Å². The number of hydrogen-bond acceptors (Lipinski definition) is 5. The molecule has 8 nitrogen and oxygen atoms in total. The van der Waals surface area contributed by atoms with Gasteiger partial charge in [0, 0.05) is 19.0 Å². The van der Waals surface area contributed by atoms with E-state index >= 15 is 0 Å². The second kappa shape index (κ2) is 16.6. The van der Waals surface area contributed by atoms with E-state index in [-0.39, 0.29) is 42.1 Å². The van der Waals surface area contributed by atoms with Crippen LogP contribution in [0, 0.1) is 6.92 Å². The van der Waals surface area contributed by atoms with E-state index in [4.69, 9.17) is 27.9 Å². The van der Waals surface area contributed by atoms with E-state index in [0.717, 1.165) is 41.1 Å². The number of anilines is 1. The predicted octanol–water partition coefficient (Wildman–Crippen LogP) is 7.59. The Hall–Kier alpha value is -4.05. The molecule has 4 aromatic rings. The largest absolute Gasteiger partial charge is 0.492 e. The lowest BCUT2D eigenvalue weighted by Crippen LogP contribution is -2.54. The summed E-state index contributed by atoms with van der Waals surface area (Å²) in [5.74, 6) is -0.563. The van der Waals surface area contributed by atoms with E-state index in [9.17, 15) is 18.0 Å². The van der Waals surface area contributed by atoms with Crippen molar-refractivity contribution in [1.29, 1.82) is 0 Å². The van der Waals surface area contributed by atoms with Crippen LogP contribution < -0.4 is 14.4 Å². The highest BCUT2D eigenvalue weighted by Gasteiger charge is 2.36. The van der Waals surface area contributed by atoms with E-state index in [1.54, 1.807) is 61.5 Å². The van der Waals surface area contributed by atoms with Gasteiger partial charge in [-0.1, -0.05) is 102 Å². The third-order valence-electron chi connectivity index (χ3n) is 8.63. The maximum absolute atomic E-state index is 14.8. The summed E-state index contributed by atoms with van der Waals surface area (Å²) in [4.78, 5) is 30.5. The molecule has 0 radical (unpaired) electrons. The number of ether oxygens (including phenoxy) is 1. The molecule has 0 spiro atoms. The van der Waals surface area contributed by atoms with Gasteiger partial charge in [0.05, 0.1) is 27.2 Å². The number of aryl methyl sites for hydroxylation is 1. The van der Waals surface area contributed by atoms with Crippen LogP contribution in [0.2, 0.25) is 10.0 Å². The Kier molecular flexibility index (Phi) is 12.3. The number of benzene rings is 4. The molecule has 11 heteroatoms. The van der Waals surface area contributed by atoms with Gasteiger partial charge < -0.3 is 15.0 Å². The van der Waals surface area contributed by atoms with Gasteiger partial charge >= 0.3 is 0 Å². The van der Waals surface area contributed by atoms with Crippen molar-refractivity contribution in [2.75, 3.05) is 17.5 Å². The van der Waals surface area contributed by atoms with Crippen LogP contribution >= 0.6 is 23.2 Å². The monoisotopic (exact) mass is 721 g/mol. The summed E-state index contributed by atoms with van der Waals surface area (Å²) in [7, 11) is -4.28. The molecule has 49 heavy (non-hydrogen) atoms. The Labute approximate surface area is 299 Å². The molecule has 2 amide bonds. The fourth-order valence-electron chi connectivity index (χ4n) is 6.05. The SMILES string of the molecule is CCOc1ccccc1N(CC(=O)N(Cc1ccc(Cl)c(Cl)c1)C(Cc1ccccc1)C(=O)NC1CCCC1)S(=O)(=O)c1ccc(C)cc1. The third kappa shape index (κ3) is 9.15. The van der Waals surface area contributed by atoms with Gasteiger partial charge in [0.1, 0.15) is 18.3 Å². The van der Waals surface area contributed by atoms with Crippen molar-refractivity contribution >= 4 is 50.7 Å². The number of amides is 2. The topological polar surface area (TPSA) is 96.0 Å². The molecule has 1 fully saturated rings. The lowest BCUT2D eigenvalue weighted by molar-refractivity contribution is -0.140. The van der Waals surface area contributed by atoms with Gasteiger partial charge in [0.15, 0.2) is 0 Å². The quantitative estimate of drug-likeness (QED) is 0.145. The zero-order valence-electron chi connectivity index (χ0n) is 27.6. The Bertz CT molecular complexity index is 1850. The Morgan fingerprint density at radius 3 is 2.22 bits per heavy atom. The van der Waals surface area contributed by atoms with Gasteiger partial charge in [-0.2, -0.15) is 0 Å². The van der Waals surface area contributed by atoms with Crippen molar-refractivity contribution in [2.24, 2.45) is 0 Å². The van der Waals surface area contributed by atoms with Crippen molar-refractivity contribution in [3.63, 3.8) is 0 Å². The number of halogens is 2. The summed E-state index contributed by atoms with van der Waals surface area (Å²) in [6.45, 7) is 3.34. The number of rotatable bonds is 14. The van der Waals surface area contributed by atoms with Crippen molar-refractivity contribution in [3.8, 4) is 5.75 Å². The summed E-state index contributed by atoms with van der Waals surface area (Å²) in [5.41, 5.74) is 2.59. The molecule has 1 N–H and O–H groups in total. The number of nitrogens with zero attached hydrogens (tertiary/aromatic N) is 2. The highest BCUT2D eigenvalue weighted by atomic mass is 35.5. The molecular weight excluding hydrogens is 681 g/mol. The number of hydrogen-bond donors (Lipinski definition) is 1. The van der Waals surface area contributed by atoms with E-state index in [1.807, 2.05) is 37.3 Å². The molecule has 1 saturated carbocycles. The Morgan fingerprint density at radius 2 is 1.55 bits per heavy atom. The highest BCUT2D eigenvalue weighted by Crippen LogP contribution is 2.33. The van der Waals surface area contributed by atoms with Crippen LogP contribution in [-0.2, 0) is 32.6 Å². The van der Waals surface area contributed by atoms with E-state index < -0.39 is 28.5 Å². The summed E-state index contributed by atoms with van der Waals surface area (Å²) < 4.78 is 35.7. The number of para-hydroxylation sites is 2. The lowest BCUT2D eigenvalue weighted by Gasteiger charge is -2.34. The number of nitrogens with one attached hydrogen (secondary N) is 1. The fourth-order valence-corrected chi connectivity index (χ4v) is 7.79. The molecule has 0 saturated heterocycles. The van der Waals surface area contributed by atoms with Crippen LogP contribution in [0.25, 0.3) is 0 Å². The molecular formula is C38H41Cl2N3O5S. The smallest absolute Gasteiger partial charge is 0.264 e. The van der Waals surface area contributed by atoms with Crippen molar-refractivity contribution in [3.05, 3.63) is 124 Å². The minimum Gasteiger partial charge on any atom is -0.492 e. The summed E-state index contributed by atoms with van der Waals surface area (Å²) in [6, 6.07) is 26.7. The molecule has 1 atom stereocenters. The molecule has 0 aliphatic heterocycles. The van der Waals surface area contributed by atoms with Crippen molar-refractivity contribution < 1.29 is 22.7 Å². The van der Waals surface area contributed by atoms with Gasteiger partial charge in [0.2, 0.25) is 11.8 Å². The second-order valence-electron chi connectivity index (χ2n) is 12.2. The first kappa shape index (κ1) is 36.2. The average Bonchev–Trinajstić information content (AvgIpc) is 3.61. The normalized spacial score (nSPS) is 13.9. The average molecular weight is 723 g/mol. The van der Waals surface area contributed by atoms with Crippen LogP contribution in [0.3, 0.4) is 0 Å². The van der Waals surface area contributed by atoms with Crippen molar-refractivity contribution in [1.82, 2.24) is 10.2 Å². The molecule has 0 aromatic heterocycles. The molecule has 0 heterocycles. The lowest BCUT2D eigenvalue weighted by atomic mass is 10.0. The number of carbonyl (C=O) groups is 2. The van der Waals surface area contributed by atoms with E-state index in [0.29, 0.717) is 21.4 Å². The summed E-state index contributed by atoms with van der Waals surface area (Å²) in [5, 5.41) is 3.84. The standard InChI is InChI=1S/C38H41Cl2N3O5S/c1-3-48-36-16-10-9-15-34(36)43(49(46,47)31-20-17-27(2)18-21-31)26-37(44)42(25-29-19-22-32(39)33(40)23-29)35(24-28-11-5-4-6-12-28)38(45)41-30-13-7-8-14-30/h4-6,9-12,15-23,30,35H,3,7-8,13-14,24-26H2,1-2H3,(H,41,45). The minimum absolute atomic E-state index is 0.00387. The molecule has 1 unspecified atom stereocenters. The maximum atomic E-state index is 14.8. The van der Waals surface area contributed by atoms with Crippen LogP contribution in [-0.4, -0.2) is 50.4 Å². The van der Waals surface area contributed by atoms with Gasteiger partial charge in [-0.3, -0.25) is 13.9 Å². The number of carbonyl (C=O) groups excluding carboxylic acids is 2. The zero-order valence-corrected chi connectivity index (χ0v) is 30.0. The molecule has 5 rings (SSSR count). The van der Waals surface area contributed by atoms with Gasteiger partial charge in [-0.25, -0.2) is 8.42 Å². The first-order chi connectivity index (χ1) is 23.6. The predicted molar refractivity (Wildman–Crippen MR) is 195 cm³/mol. The first-order valence-electron chi connectivity index (χ1n) is 16.5. The molecule has 1 aliphatic rings. The van der Waals surface area contributed by atoms with Crippen LogP contribution in [0.5, 0.6) is 5.75 Å². The fraction of sp³-hybridized carbons (Fsp3) is 0.316. The third-order valence-corrected chi connectivity index (χ3v) is 11.1. The van der Waals surface area contributed by atoms with Gasteiger partial charge in [0.25, 0.3) is 10.0 Å². The molecule has 0 bridgehead atoms.